The summed E-state index contributed by atoms with van der Waals surface area (Å²) in [5.41, 5.74) is 6.25. The lowest BCUT2D eigenvalue weighted by molar-refractivity contribution is 0.182. The van der Waals surface area contributed by atoms with Crippen LogP contribution in [0.25, 0.3) is 11.5 Å². The molecule has 1 aliphatic carbocycles. The zero-order valence-electron chi connectivity index (χ0n) is 8.68. The molecule has 0 aromatic carbocycles. The van der Waals surface area contributed by atoms with E-state index in [0.717, 1.165) is 12.8 Å². The minimum atomic E-state index is -0.102. The van der Waals surface area contributed by atoms with Crippen molar-refractivity contribution in [1.82, 2.24) is 25.6 Å². The minimum absolute atomic E-state index is 0.102. The van der Waals surface area contributed by atoms with Gasteiger partial charge in [-0.15, -0.1) is 0 Å². The number of hydrogen-bond acceptors (Lipinski definition) is 6. The van der Waals surface area contributed by atoms with Crippen molar-refractivity contribution in [2.75, 3.05) is 6.54 Å². The molecule has 0 amide bonds. The van der Waals surface area contributed by atoms with Gasteiger partial charge in [-0.05, 0) is 12.8 Å². The first-order valence-electron chi connectivity index (χ1n) is 5.24. The van der Waals surface area contributed by atoms with Crippen LogP contribution in [-0.2, 0) is 5.41 Å². The number of nitrogens with zero attached hydrogens (tertiary/aromatic N) is 4. The first-order chi connectivity index (χ1) is 7.84. The molecule has 7 nitrogen and oxygen atoms in total. The lowest BCUT2D eigenvalue weighted by atomic mass is 9.69. The maximum absolute atomic E-state index is 5.77. The van der Waals surface area contributed by atoms with Crippen molar-refractivity contribution in [3.05, 3.63) is 12.1 Å². The molecule has 2 aromatic heterocycles. The third kappa shape index (κ3) is 1.25. The average molecular weight is 220 g/mol. The maximum Gasteiger partial charge on any atom is 0.234 e. The van der Waals surface area contributed by atoms with Gasteiger partial charge in [0.1, 0.15) is 0 Å². The van der Waals surface area contributed by atoms with Gasteiger partial charge >= 0.3 is 0 Å². The van der Waals surface area contributed by atoms with E-state index in [1.807, 2.05) is 0 Å². The Morgan fingerprint density at radius 3 is 2.94 bits per heavy atom. The molecule has 1 aliphatic rings. The molecule has 3 N–H and O–H groups in total. The second-order valence-electron chi connectivity index (χ2n) is 4.12. The Morgan fingerprint density at radius 1 is 1.50 bits per heavy atom. The Morgan fingerprint density at radius 2 is 2.38 bits per heavy atom. The van der Waals surface area contributed by atoms with Crippen LogP contribution in [0.2, 0.25) is 0 Å². The number of H-pyrrole nitrogens is 1. The van der Waals surface area contributed by atoms with Crippen molar-refractivity contribution in [1.29, 1.82) is 0 Å². The van der Waals surface area contributed by atoms with Crippen LogP contribution >= 0.6 is 0 Å². The molecule has 1 fully saturated rings. The van der Waals surface area contributed by atoms with Gasteiger partial charge in [0, 0.05) is 6.54 Å². The molecule has 0 saturated heterocycles. The fraction of sp³-hybridized carbons (Fsp3) is 0.556. The van der Waals surface area contributed by atoms with Gasteiger partial charge in [-0.25, -0.2) is 0 Å². The van der Waals surface area contributed by atoms with E-state index in [1.54, 1.807) is 6.20 Å². The van der Waals surface area contributed by atoms with E-state index < -0.39 is 0 Å². The fourth-order valence-corrected chi connectivity index (χ4v) is 1.96. The summed E-state index contributed by atoms with van der Waals surface area (Å²) in [5.74, 6) is 1.09. The van der Waals surface area contributed by atoms with Crippen LogP contribution in [0.4, 0.5) is 0 Å². The summed E-state index contributed by atoms with van der Waals surface area (Å²) in [7, 11) is 0. The van der Waals surface area contributed by atoms with Gasteiger partial charge in [0.05, 0.1) is 11.6 Å². The minimum Gasteiger partial charge on any atom is -0.338 e. The summed E-state index contributed by atoms with van der Waals surface area (Å²) in [6, 6.07) is 0. The van der Waals surface area contributed by atoms with Crippen LogP contribution in [-0.4, -0.2) is 32.1 Å². The third-order valence-electron chi connectivity index (χ3n) is 3.23. The second kappa shape index (κ2) is 3.38. The van der Waals surface area contributed by atoms with E-state index in [2.05, 4.69) is 25.6 Å². The summed E-state index contributed by atoms with van der Waals surface area (Å²) in [5, 5.41) is 14.0. The smallest absolute Gasteiger partial charge is 0.234 e. The van der Waals surface area contributed by atoms with Crippen molar-refractivity contribution in [3.63, 3.8) is 0 Å². The standard InChI is InChI=1S/C9H12N6O/c10-5-9(2-1-3-9)8-12-7(14-16-8)6-4-11-15-13-6/h4H,1-3,5,10H2,(H,11,13,15). The summed E-state index contributed by atoms with van der Waals surface area (Å²) in [4.78, 5) is 4.34. The van der Waals surface area contributed by atoms with E-state index in [0.29, 0.717) is 24.0 Å². The molecule has 16 heavy (non-hydrogen) atoms. The molecule has 0 radical (unpaired) electrons. The highest BCUT2D eigenvalue weighted by Crippen LogP contribution is 2.42. The topological polar surface area (TPSA) is 107 Å². The predicted octanol–water partition coefficient (Wildman–Crippen LogP) is 0.235. The van der Waals surface area contributed by atoms with Gasteiger partial charge in [0.15, 0.2) is 5.69 Å². The summed E-state index contributed by atoms with van der Waals surface area (Å²) >= 11 is 0. The number of hydrogen-bond donors (Lipinski definition) is 2. The third-order valence-corrected chi connectivity index (χ3v) is 3.23. The summed E-state index contributed by atoms with van der Waals surface area (Å²) < 4.78 is 5.26. The molecule has 0 unspecified atom stereocenters. The molecule has 84 valence electrons. The van der Waals surface area contributed by atoms with Gasteiger partial charge in [-0.1, -0.05) is 11.6 Å². The van der Waals surface area contributed by atoms with E-state index in [9.17, 15) is 0 Å². The van der Waals surface area contributed by atoms with Crippen molar-refractivity contribution in [2.24, 2.45) is 5.73 Å². The Hall–Kier alpha value is -1.76. The van der Waals surface area contributed by atoms with Gasteiger partial charge in [-0.3, -0.25) is 0 Å². The van der Waals surface area contributed by atoms with E-state index in [1.165, 1.54) is 6.42 Å². The highest BCUT2D eigenvalue weighted by molar-refractivity contribution is 5.45. The second-order valence-corrected chi connectivity index (χ2v) is 4.12. The van der Waals surface area contributed by atoms with Crippen molar-refractivity contribution in [2.45, 2.75) is 24.7 Å². The molecule has 0 bridgehead atoms. The van der Waals surface area contributed by atoms with Crippen LogP contribution in [0.15, 0.2) is 10.7 Å². The zero-order chi connectivity index (χ0) is 11.0. The Labute approximate surface area is 91.4 Å². The predicted molar refractivity (Wildman–Crippen MR) is 54.3 cm³/mol. The van der Waals surface area contributed by atoms with Crippen LogP contribution < -0.4 is 5.73 Å². The van der Waals surface area contributed by atoms with Gasteiger partial charge < -0.3 is 10.3 Å². The monoisotopic (exact) mass is 220 g/mol. The van der Waals surface area contributed by atoms with Crippen molar-refractivity contribution >= 4 is 0 Å². The molecule has 0 atom stereocenters. The summed E-state index contributed by atoms with van der Waals surface area (Å²) in [6.45, 7) is 0.549. The molecule has 2 heterocycles. The van der Waals surface area contributed by atoms with Crippen LogP contribution in [0.3, 0.4) is 0 Å². The molecule has 0 spiro atoms. The first-order valence-corrected chi connectivity index (χ1v) is 5.24. The SMILES string of the molecule is NCC1(c2nc(-c3cn[nH]n3)no2)CCC1. The normalized spacial score (nSPS) is 18.3. The van der Waals surface area contributed by atoms with E-state index >= 15 is 0 Å². The number of nitrogens with one attached hydrogen (secondary N) is 1. The molecule has 1 saturated carbocycles. The Balaban J connectivity index is 1.93. The first kappa shape index (κ1) is 9.46. The van der Waals surface area contributed by atoms with Gasteiger partial charge in [-0.2, -0.15) is 20.4 Å². The van der Waals surface area contributed by atoms with Crippen LogP contribution in [0.1, 0.15) is 25.2 Å². The number of aromatic nitrogens is 5. The molecule has 0 aliphatic heterocycles. The molecule has 2 aromatic rings. The molecular formula is C9H12N6O. The Kier molecular flexibility index (Phi) is 2.00. The Bertz CT molecular complexity index is 466. The zero-order valence-corrected chi connectivity index (χ0v) is 8.68. The number of rotatable bonds is 3. The quantitative estimate of drug-likeness (QED) is 0.767. The molecule has 7 heteroatoms. The van der Waals surface area contributed by atoms with Crippen LogP contribution in [0, 0.1) is 0 Å². The highest BCUT2D eigenvalue weighted by atomic mass is 16.5. The highest BCUT2D eigenvalue weighted by Gasteiger charge is 2.42. The molecule has 3 rings (SSSR count). The van der Waals surface area contributed by atoms with Crippen molar-refractivity contribution < 1.29 is 4.52 Å². The average Bonchev–Trinajstić information content (AvgIpc) is 2.86. The fourth-order valence-electron chi connectivity index (χ4n) is 1.96. The van der Waals surface area contributed by atoms with Gasteiger partial charge in [0.2, 0.25) is 11.7 Å². The van der Waals surface area contributed by atoms with E-state index in [-0.39, 0.29) is 5.41 Å². The number of nitrogens with two attached hydrogens (primary N) is 1. The maximum atomic E-state index is 5.77. The summed E-state index contributed by atoms with van der Waals surface area (Å²) in [6.07, 6.45) is 4.76. The molecular weight excluding hydrogens is 208 g/mol. The van der Waals surface area contributed by atoms with E-state index in [4.69, 9.17) is 10.3 Å². The van der Waals surface area contributed by atoms with Gasteiger partial charge in [0.25, 0.3) is 0 Å². The van der Waals surface area contributed by atoms with Crippen LogP contribution in [0.5, 0.6) is 0 Å². The lowest BCUT2D eigenvalue weighted by Gasteiger charge is -2.36. The largest absolute Gasteiger partial charge is 0.338 e. The lowest BCUT2D eigenvalue weighted by Crippen LogP contribution is -2.41. The van der Waals surface area contributed by atoms with Crippen molar-refractivity contribution in [3.8, 4) is 11.5 Å². The number of aromatic amines is 1.